The molecule has 2 aliphatic heterocycles. The van der Waals surface area contributed by atoms with Crippen molar-refractivity contribution in [2.45, 2.75) is 25.4 Å². The van der Waals surface area contributed by atoms with Crippen LogP contribution >= 0.6 is 0 Å². The molecule has 7 nitrogen and oxygen atoms in total. The summed E-state index contributed by atoms with van der Waals surface area (Å²) in [6.45, 7) is 3.19. The summed E-state index contributed by atoms with van der Waals surface area (Å²) >= 11 is 0. The summed E-state index contributed by atoms with van der Waals surface area (Å²) in [4.78, 5) is 15.0. The molecule has 0 saturated carbocycles. The summed E-state index contributed by atoms with van der Waals surface area (Å²) in [6.07, 6.45) is 8.37. The molecule has 4 rings (SSSR count). The molecule has 4 heterocycles. The van der Waals surface area contributed by atoms with Crippen molar-refractivity contribution in [2.75, 3.05) is 38.3 Å². The maximum atomic E-state index is 6.12. The van der Waals surface area contributed by atoms with E-state index in [0.29, 0.717) is 12.5 Å². The molecule has 7 heteroatoms. The highest BCUT2D eigenvalue weighted by Gasteiger charge is 2.47. The number of pyridine rings is 1. The third-order valence-electron chi connectivity index (χ3n) is 5.31. The highest BCUT2D eigenvalue weighted by molar-refractivity contribution is 5.42. The quantitative estimate of drug-likeness (QED) is 0.814. The first-order valence-electron chi connectivity index (χ1n) is 9.04. The summed E-state index contributed by atoms with van der Waals surface area (Å²) in [7, 11) is 1.62. The molecule has 2 unspecified atom stereocenters. The van der Waals surface area contributed by atoms with Crippen LogP contribution in [0, 0.1) is 5.41 Å². The number of aromatic nitrogens is 3. The lowest BCUT2D eigenvalue weighted by Gasteiger charge is -2.50. The average molecular weight is 356 g/mol. The third kappa shape index (κ3) is 3.44. The zero-order valence-electron chi connectivity index (χ0n) is 15.0. The Hall–Kier alpha value is -2.41. The van der Waals surface area contributed by atoms with Gasteiger partial charge in [0.2, 0.25) is 5.88 Å². The summed E-state index contributed by atoms with van der Waals surface area (Å²) in [6, 6.07) is 5.72. The number of rotatable bonds is 5. The zero-order valence-corrected chi connectivity index (χ0v) is 15.0. The fourth-order valence-corrected chi connectivity index (χ4v) is 3.97. The molecule has 2 aromatic heterocycles. The van der Waals surface area contributed by atoms with Gasteiger partial charge in [0.1, 0.15) is 17.9 Å². The maximum absolute atomic E-state index is 6.12. The molecule has 0 N–H and O–H groups in total. The molecule has 0 bridgehead atoms. The van der Waals surface area contributed by atoms with Gasteiger partial charge >= 0.3 is 0 Å². The van der Waals surface area contributed by atoms with E-state index >= 15 is 0 Å². The molecular formula is C19H24N4O3. The Bertz CT molecular complexity index is 730. The van der Waals surface area contributed by atoms with Crippen molar-refractivity contribution in [2.24, 2.45) is 5.41 Å². The van der Waals surface area contributed by atoms with E-state index in [2.05, 4.69) is 19.9 Å². The van der Waals surface area contributed by atoms with Crippen LogP contribution < -0.4 is 14.4 Å². The number of nitrogens with zero attached hydrogens (tertiary/aromatic N) is 4. The van der Waals surface area contributed by atoms with Crippen molar-refractivity contribution in [3.8, 4) is 11.6 Å². The molecule has 0 amide bonds. The Morgan fingerprint density at radius 3 is 3.19 bits per heavy atom. The molecule has 138 valence electrons. The Morgan fingerprint density at radius 2 is 2.35 bits per heavy atom. The Kier molecular flexibility index (Phi) is 4.88. The molecule has 0 radical (unpaired) electrons. The Labute approximate surface area is 153 Å². The molecule has 0 spiro atoms. The van der Waals surface area contributed by atoms with Crippen LogP contribution in [-0.2, 0) is 4.74 Å². The number of piperidine rings is 1. The second-order valence-corrected chi connectivity index (χ2v) is 6.93. The van der Waals surface area contributed by atoms with Gasteiger partial charge in [-0.25, -0.2) is 9.97 Å². The summed E-state index contributed by atoms with van der Waals surface area (Å²) in [5.41, 5.74) is -0.0511. The van der Waals surface area contributed by atoms with E-state index in [4.69, 9.17) is 14.2 Å². The van der Waals surface area contributed by atoms with Gasteiger partial charge in [0.15, 0.2) is 0 Å². The Morgan fingerprint density at radius 1 is 1.38 bits per heavy atom. The number of fused-ring (bicyclic) bond motifs is 1. The van der Waals surface area contributed by atoms with Crippen LogP contribution in [0.4, 0.5) is 5.82 Å². The lowest BCUT2D eigenvalue weighted by atomic mass is 9.73. The van der Waals surface area contributed by atoms with Gasteiger partial charge in [-0.3, -0.25) is 4.98 Å². The second-order valence-electron chi connectivity index (χ2n) is 6.93. The van der Waals surface area contributed by atoms with Gasteiger partial charge in [0.25, 0.3) is 0 Å². The monoisotopic (exact) mass is 356 g/mol. The van der Waals surface area contributed by atoms with Gasteiger partial charge in [0.05, 0.1) is 26.0 Å². The number of hydrogen-bond donors (Lipinski definition) is 0. The number of methoxy groups -OCH3 is 1. The van der Waals surface area contributed by atoms with Crippen LogP contribution in [-0.4, -0.2) is 54.5 Å². The van der Waals surface area contributed by atoms with Crippen molar-refractivity contribution >= 4 is 5.82 Å². The first-order valence-corrected chi connectivity index (χ1v) is 9.04. The van der Waals surface area contributed by atoms with E-state index < -0.39 is 0 Å². The molecule has 26 heavy (non-hydrogen) atoms. The van der Waals surface area contributed by atoms with Gasteiger partial charge in [-0.1, -0.05) is 0 Å². The average Bonchev–Trinajstić information content (AvgIpc) is 2.72. The largest absolute Gasteiger partial charge is 0.491 e. The first-order chi connectivity index (χ1) is 12.8. The molecule has 2 aromatic rings. The van der Waals surface area contributed by atoms with Gasteiger partial charge in [-0.15, -0.1) is 0 Å². The van der Waals surface area contributed by atoms with Gasteiger partial charge < -0.3 is 19.1 Å². The molecular weight excluding hydrogens is 332 g/mol. The predicted octanol–water partition coefficient (Wildman–Crippen LogP) is 2.33. The maximum Gasteiger partial charge on any atom is 0.218 e. The van der Waals surface area contributed by atoms with Gasteiger partial charge in [-0.05, 0) is 31.4 Å². The van der Waals surface area contributed by atoms with E-state index in [-0.39, 0.29) is 11.5 Å². The van der Waals surface area contributed by atoms with E-state index in [1.165, 1.54) is 0 Å². The smallest absolute Gasteiger partial charge is 0.218 e. The normalized spacial score (nSPS) is 25.4. The Balaban J connectivity index is 1.54. The van der Waals surface area contributed by atoms with Crippen LogP contribution in [0.25, 0.3) is 0 Å². The summed E-state index contributed by atoms with van der Waals surface area (Å²) in [5.74, 6) is 2.27. The van der Waals surface area contributed by atoms with Crippen molar-refractivity contribution in [1.82, 2.24) is 15.0 Å². The number of ether oxygens (including phenoxy) is 3. The van der Waals surface area contributed by atoms with Crippen molar-refractivity contribution < 1.29 is 14.2 Å². The number of hydrogen-bond acceptors (Lipinski definition) is 7. The van der Waals surface area contributed by atoms with Crippen LogP contribution in [0.3, 0.4) is 0 Å². The van der Waals surface area contributed by atoms with Gasteiger partial charge in [0, 0.05) is 37.4 Å². The fraction of sp³-hybridized carbons (Fsp3) is 0.526. The molecule has 2 fully saturated rings. The zero-order chi connectivity index (χ0) is 17.8. The van der Waals surface area contributed by atoms with E-state index in [1.807, 2.05) is 18.2 Å². The lowest BCUT2D eigenvalue weighted by molar-refractivity contribution is -0.109. The van der Waals surface area contributed by atoms with Crippen LogP contribution in [0.15, 0.2) is 36.9 Å². The first kappa shape index (κ1) is 17.0. The molecule has 2 aliphatic rings. The lowest BCUT2D eigenvalue weighted by Crippen LogP contribution is -2.57. The SMILES string of the molecule is COc1cc(N2CCC3OCCCC3(COc3cccnc3)C2)ncn1. The minimum atomic E-state index is -0.0511. The minimum absolute atomic E-state index is 0.0511. The molecule has 2 saturated heterocycles. The van der Waals surface area contributed by atoms with E-state index in [1.54, 1.807) is 25.8 Å². The summed E-state index contributed by atoms with van der Waals surface area (Å²) < 4.78 is 17.5. The molecule has 0 aliphatic carbocycles. The van der Waals surface area contributed by atoms with Crippen molar-refractivity contribution in [1.29, 1.82) is 0 Å². The number of anilines is 1. The standard InChI is InChI=1S/C19H24N4O3/c1-24-18-10-17(21-14-22-18)23-8-5-16-19(12-23,6-3-9-25-16)13-26-15-4-2-7-20-11-15/h2,4,7,10-11,14,16H,3,5-6,8-9,12-13H2,1H3. The molecule has 2 atom stereocenters. The summed E-state index contributed by atoms with van der Waals surface area (Å²) in [5, 5.41) is 0. The predicted molar refractivity (Wildman–Crippen MR) is 96.6 cm³/mol. The third-order valence-corrected chi connectivity index (χ3v) is 5.31. The van der Waals surface area contributed by atoms with Gasteiger partial charge in [-0.2, -0.15) is 0 Å². The second kappa shape index (κ2) is 7.45. The van der Waals surface area contributed by atoms with Crippen molar-refractivity contribution in [3.05, 3.63) is 36.9 Å². The van der Waals surface area contributed by atoms with Crippen LogP contribution in [0.5, 0.6) is 11.6 Å². The fourth-order valence-electron chi connectivity index (χ4n) is 3.97. The highest BCUT2D eigenvalue weighted by Crippen LogP contribution is 2.41. The highest BCUT2D eigenvalue weighted by atomic mass is 16.5. The van der Waals surface area contributed by atoms with Crippen LogP contribution in [0.1, 0.15) is 19.3 Å². The topological polar surface area (TPSA) is 69.6 Å². The van der Waals surface area contributed by atoms with E-state index in [9.17, 15) is 0 Å². The van der Waals surface area contributed by atoms with E-state index in [0.717, 1.165) is 50.5 Å². The van der Waals surface area contributed by atoms with Crippen LogP contribution in [0.2, 0.25) is 0 Å². The van der Waals surface area contributed by atoms with Crippen molar-refractivity contribution in [3.63, 3.8) is 0 Å². The molecule has 0 aromatic carbocycles. The minimum Gasteiger partial charge on any atom is -0.491 e.